The number of ether oxygens (including phenoxy) is 1. The molecule has 7 nitrogen and oxygen atoms in total. The van der Waals surface area contributed by atoms with E-state index in [9.17, 15) is 16.8 Å². The van der Waals surface area contributed by atoms with Crippen LogP contribution in [0.5, 0.6) is 11.5 Å². The van der Waals surface area contributed by atoms with Gasteiger partial charge in [0.15, 0.2) is 0 Å². The van der Waals surface area contributed by atoms with Crippen LogP contribution in [0.2, 0.25) is 0 Å². The highest BCUT2D eigenvalue weighted by molar-refractivity contribution is 7.93. The summed E-state index contributed by atoms with van der Waals surface area (Å²) < 4.78 is 64.6. The van der Waals surface area contributed by atoms with Crippen LogP contribution in [0, 0.1) is 0 Å². The van der Waals surface area contributed by atoms with Gasteiger partial charge in [-0.1, -0.05) is 72.8 Å². The standard InChI is InChI=1S/C31H24N2O5S2/c34-39(35,23-11-3-1-4-12-23)32-22-19-20-28(33-40(36,37)24-13-5-2-6-14-24)27(21-22)31-25-15-7-9-17-29(25)38-30-18-10-8-16-26(30)31/h1-21,31-33H. The zero-order chi connectivity index (χ0) is 27.7. The Hall–Kier alpha value is -4.60. The monoisotopic (exact) mass is 568 g/mol. The lowest BCUT2D eigenvalue weighted by molar-refractivity contribution is 0.453. The van der Waals surface area contributed by atoms with Gasteiger partial charge in [-0.05, 0) is 60.2 Å². The minimum atomic E-state index is -3.94. The molecule has 200 valence electrons. The van der Waals surface area contributed by atoms with E-state index >= 15 is 0 Å². The van der Waals surface area contributed by atoms with Crippen molar-refractivity contribution in [3.63, 3.8) is 0 Å². The molecule has 0 atom stereocenters. The van der Waals surface area contributed by atoms with Crippen molar-refractivity contribution in [1.82, 2.24) is 0 Å². The molecule has 9 heteroatoms. The Balaban J connectivity index is 1.52. The topological polar surface area (TPSA) is 102 Å². The molecule has 0 aliphatic carbocycles. The van der Waals surface area contributed by atoms with Crippen molar-refractivity contribution < 1.29 is 21.6 Å². The van der Waals surface area contributed by atoms with Crippen molar-refractivity contribution in [2.24, 2.45) is 0 Å². The Labute approximate surface area is 233 Å². The van der Waals surface area contributed by atoms with E-state index in [2.05, 4.69) is 9.44 Å². The molecule has 6 rings (SSSR count). The average molecular weight is 569 g/mol. The van der Waals surface area contributed by atoms with Gasteiger partial charge in [0.2, 0.25) is 0 Å². The molecule has 0 fully saturated rings. The Morgan fingerprint density at radius 3 is 1.52 bits per heavy atom. The Morgan fingerprint density at radius 2 is 0.975 bits per heavy atom. The lowest BCUT2D eigenvalue weighted by Crippen LogP contribution is -2.18. The highest BCUT2D eigenvalue weighted by atomic mass is 32.2. The Bertz CT molecular complexity index is 1870. The predicted octanol–water partition coefficient (Wildman–Crippen LogP) is 6.57. The van der Waals surface area contributed by atoms with Crippen molar-refractivity contribution in [2.75, 3.05) is 9.44 Å². The fourth-order valence-corrected chi connectivity index (χ4v) is 7.00. The van der Waals surface area contributed by atoms with Crippen LogP contribution in [0.1, 0.15) is 22.6 Å². The first-order valence-corrected chi connectivity index (χ1v) is 15.4. The van der Waals surface area contributed by atoms with Crippen LogP contribution in [0.15, 0.2) is 137 Å². The number of benzene rings is 5. The molecule has 0 unspecified atom stereocenters. The Kier molecular flexibility index (Phi) is 6.53. The van der Waals surface area contributed by atoms with E-state index in [0.29, 0.717) is 28.4 Å². The number of rotatable bonds is 7. The quantitative estimate of drug-likeness (QED) is 0.227. The maximum Gasteiger partial charge on any atom is 0.261 e. The summed E-state index contributed by atoms with van der Waals surface area (Å²) in [6.07, 6.45) is 0. The van der Waals surface area contributed by atoms with Crippen molar-refractivity contribution in [2.45, 2.75) is 15.7 Å². The number of fused-ring (bicyclic) bond motifs is 2. The average Bonchev–Trinajstić information content (AvgIpc) is 2.97. The molecule has 0 spiro atoms. The number of sulfonamides is 2. The fraction of sp³-hybridized carbons (Fsp3) is 0.0323. The molecule has 0 saturated heterocycles. The number of para-hydroxylation sites is 2. The summed E-state index contributed by atoms with van der Waals surface area (Å²) in [4.78, 5) is 0.231. The van der Waals surface area contributed by atoms with Gasteiger partial charge in [0.25, 0.3) is 20.0 Å². The number of hydrogen-bond acceptors (Lipinski definition) is 5. The molecule has 5 aromatic rings. The zero-order valence-electron chi connectivity index (χ0n) is 21.1. The van der Waals surface area contributed by atoms with Crippen LogP contribution in [0.3, 0.4) is 0 Å². The van der Waals surface area contributed by atoms with Crippen LogP contribution in [0.4, 0.5) is 11.4 Å². The zero-order valence-corrected chi connectivity index (χ0v) is 22.7. The van der Waals surface area contributed by atoms with Crippen LogP contribution in [-0.4, -0.2) is 16.8 Å². The van der Waals surface area contributed by atoms with E-state index in [4.69, 9.17) is 4.74 Å². The molecule has 0 amide bonds. The van der Waals surface area contributed by atoms with Crippen molar-refractivity contribution in [3.8, 4) is 11.5 Å². The normalized spacial score (nSPS) is 13.0. The molecular weight excluding hydrogens is 544 g/mol. The number of anilines is 2. The van der Waals surface area contributed by atoms with Gasteiger partial charge in [0.1, 0.15) is 11.5 Å². The van der Waals surface area contributed by atoms with E-state index in [1.54, 1.807) is 54.6 Å². The van der Waals surface area contributed by atoms with Gasteiger partial charge in [-0.25, -0.2) is 16.8 Å². The molecule has 5 aromatic carbocycles. The van der Waals surface area contributed by atoms with Crippen molar-refractivity contribution in [3.05, 3.63) is 144 Å². The second-order valence-electron chi connectivity index (χ2n) is 9.25. The van der Waals surface area contributed by atoms with E-state index in [-0.39, 0.29) is 9.79 Å². The third-order valence-corrected chi connectivity index (χ3v) is 9.42. The first-order chi connectivity index (χ1) is 19.3. The minimum Gasteiger partial charge on any atom is -0.457 e. The molecule has 0 bridgehead atoms. The summed E-state index contributed by atoms with van der Waals surface area (Å²) >= 11 is 0. The summed E-state index contributed by atoms with van der Waals surface area (Å²) in [6.45, 7) is 0. The van der Waals surface area contributed by atoms with Gasteiger partial charge in [0.05, 0.1) is 15.5 Å². The molecule has 2 N–H and O–H groups in total. The second-order valence-corrected chi connectivity index (χ2v) is 12.6. The molecule has 1 heterocycles. The summed E-state index contributed by atoms with van der Waals surface area (Å²) in [7, 11) is -7.83. The lowest BCUT2D eigenvalue weighted by Gasteiger charge is -2.30. The highest BCUT2D eigenvalue weighted by Gasteiger charge is 2.31. The molecule has 1 aliphatic heterocycles. The van der Waals surface area contributed by atoms with Gasteiger partial charge < -0.3 is 4.74 Å². The summed E-state index contributed by atoms with van der Waals surface area (Å²) in [6, 6.07) is 36.0. The predicted molar refractivity (Wildman–Crippen MR) is 155 cm³/mol. The van der Waals surface area contributed by atoms with Crippen LogP contribution >= 0.6 is 0 Å². The summed E-state index contributed by atoms with van der Waals surface area (Å²) in [5.74, 6) is 0.826. The van der Waals surface area contributed by atoms with Crippen molar-refractivity contribution >= 4 is 31.4 Å². The highest BCUT2D eigenvalue weighted by Crippen LogP contribution is 2.49. The number of nitrogens with one attached hydrogen (secondary N) is 2. The van der Waals surface area contributed by atoms with Gasteiger partial charge in [0, 0.05) is 22.7 Å². The lowest BCUT2D eigenvalue weighted by atomic mass is 9.82. The molecular formula is C31H24N2O5S2. The van der Waals surface area contributed by atoms with Gasteiger partial charge >= 0.3 is 0 Å². The fourth-order valence-electron chi connectivity index (χ4n) is 4.82. The molecule has 40 heavy (non-hydrogen) atoms. The largest absolute Gasteiger partial charge is 0.457 e. The maximum absolute atomic E-state index is 13.4. The van der Waals surface area contributed by atoms with E-state index in [1.807, 2.05) is 48.5 Å². The second kappa shape index (κ2) is 10.2. The molecule has 0 saturated carbocycles. The molecule has 1 aliphatic rings. The minimum absolute atomic E-state index is 0.114. The van der Waals surface area contributed by atoms with E-state index < -0.39 is 26.0 Å². The molecule has 0 aromatic heterocycles. The van der Waals surface area contributed by atoms with Crippen LogP contribution in [0.25, 0.3) is 0 Å². The van der Waals surface area contributed by atoms with Gasteiger partial charge in [-0.15, -0.1) is 0 Å². The summed E-state index contributed by atoms with van der Waals surface area (Å²) in [5, 5.41) is 0. The first kappa shape index (κ1) is 25.7. The van der Waals surface area contributed by atoms with Gasteiger partial charge in [-0.3, -0.25) is 9.44 Å². The van der Waals surface area contributed by atoms with Crippen LogP contribution < -0.4 is 14.2 Å². The smallest absolute Gasteiger partial charge is 0.261 e. The molecule has 0 radical (unpaired) electrons. The van der Waals surface area contributed by atoms with Crippen molar-refractivity contribution in [1.29, 1.82) is 0 Å². The summed E-state index contributed by atoms with van der Waals surface area (Å²) in [5.41, 5.74) is 2.83. The maximum atomic E-state index is 13.4. The first-order valence-electron chi connectivity index (χ1n) is 12.5. The third-order valence-electron chi connectivity index (χ3n) is 6.65. The Morgan fingerprint density at radius 1 is 0.500 bits per heavy atom. The van der Waals surface area contributed by atoms with E-state index in [1.165, 1.54) is 24.3 Å². The SMILES string of the molecule is O=S(=O)(Nc1ccc(NS(=O)(=O)c2ccccc2)c(C2c3ccccc3Oc3ccccc32)c1)c1ccccc1. The van der Waals surface area contributed by atoms with Crippen LogP contribution in [-0.2, 0) is 20.0 Å². The van der Waals surface area contributed by atoms with E-state index in [0.717, 1.165) is 11.1 Å². The third kappa shape index (κ3) is 4.92. The van der Waals surface area contributed by atoms with Gasteiger partial charge in [-0.2, -0.15) is 0 Å². The number of hydrogen-bond donors (Lipinski definition) is 2.